The number of esters is 2. The largest absolute Gasteiger partial charge is 0.465 e. The molecule has 0 aliphatic heterocycles. The molecule has 10 nitrogen and oxygen atoms in total. The highest BCUT2D eigenvalue weighted by Crippen LogP contribution is 2.13. The fourth-order valence-corrected chi connectivity index (χ4v) is 4.44. The van der Waals surface area contributed by atoms with E-state index >= 15 is 0 Å². The zero-order chi connectivity index (χ0) is 32.7. The Morgan fingerprint density at radius 3 is 1.69 bits per heavy atom. The normalized spacial score (nSPS) is 14.0. The number of amides is 1. The van der Waals surface area contributed by atoms with Gasteiger partial charge in [0.15, 0.2) is 5.78 Å². The first-order valence-electron chi connectivity index (χ1n) is 15.6. The van der Waals surface area contributed by atoms with E-state index in [4.69, 9.17) is 9.47 Å². The number of Topliss-reactive ketones (excluding diaryl/α,β-unsaturated/α-hetero) is 1. The molecule has 1 amide bonds. The third-order valence-corrected chi connectivity index (χ3v) is 6.76. The van der Waals surface area contributed by atoms with Gasteiger partial charge in [0.05, 0.1) is 13.2 Å². The molecular weight excluding hydrogens is 538 g/mol. The molecule has 3 N–H and O–H groups in total. The highest BCUT2D eigenvalue weighted by Gasteiger charge is 2.36. The summed E-state index contributed by atoms with van der Waals surface area (Å²) in [5, 5.41) is 16.3. The number of likely N-dealkylation sites (N-methyl/N-ethyl adjacent to an activating group) is 2. The summed E-state index contributed by atoms with van der Waals surface area (Å²) >= 11 is 0. The number of carbonyl (C=O) groups is 4. The highest BCUT2D eigenvalue weighted by atomic mass is 16.5. The first-order valence-corrected chi connectivity index (χ1v) is 15.6. The quantitative estimate of drug-likeness (QED) is 0.0904. The molecule has 0 bridgehead atoms. The molecule has 42 heavy (non-hydrogen) atoms. The molecule has 246 valence electrons. The van der Waals surface area contributed by atoms with Gasteiger partial charge in [-0.15, -0.1) is 13.2 Å². The summed E-state index contributed by atoms with van der Waals surface area (Å²) in [6, 6.07) is -2.23. The minimum Gasteiger partial charge on any atom is -0.465 e. The molecule has 0 aliphatic rings. The number of hydrogen-bond donors (Lipinski definition) is 3. The zero-order valence-corrected chi connectivity index (χ0v) is 27.7. The maximum atomic E-state index is 13.3. The van der Waals surface area contributed by atoms with Crippen molar-refractivity contribution in [3.05, 3.63) is 13.2 Å². The van der Waals surface area contributed by atoms with Crippen molar-refractivity contribution in [2.75, 3.05) is 33.4 Å². The summed E-state index contributed by atoms with van der Waals surface area (Å²) in [5.41, 5.74) is 0. The van der Waals surface area contributed by atoms with Gasteiger partial charge in [0, 0.05) is 0 Å². The predicted octanol–water partition coefficient (Wildman–Crippen LogP) is 4.04. The average molecular weight is 600 g/mol. The van der Waals surface area contributed by atoms with Crippen molar-refractivity contribution >= 4 is 23.6 Å². The molecule has 0 heterocycles. The number of carbonyl (C=O) groups excluding carboxylic acids is 4. The van der Waals surface area contributed by atoms with Crippen LogP contribution in [0.2, 0.25) is 0 Å². The molecule has 0 aliphatic carbocycles. The van der Waals surface area contributed by atoms with Gasteiger partial charge >= 0.3 is 11.9 Å². The second kappa shape index (κ2) is 25.2. The van der Waals surface area contributed by atoms with Crippen molar-refractivity contribution in [1.29, 1.82) is 0 Å². The lowest BCUT2D eigenvalue weighted by molar-refractivity contribution is -0.150. The topological polar surface area (TPSA) is 134 Å². The lowest BCUT2D eigenvalue weighted by atomic mass is 10.0. The standard InChI is InChI=1S/C30H57N3O7.C2H4/c1-9-11-16-33(10-2)26(27(35)23(7)34)28(36)32-25(20-22(5)6)30(38)40-18-15-13-12-14-17-39-29(37)24(31-8)19-21(3)4;1-2/h21-22,24-27,31,35H,9-20H2,1-8H3,(H,32,36);1-2H2. The van der Waals surface area contributed by atoms with Crippen molar-refractivity contribution in [2.24, 2.45) is 11.8 Å². The minimum atomic E-state index is -1.48. The van der Waals surface area contributed by atoms with E-state index in [1.807, 2.05) is 27.7 Å². The van der Waals surface area contributed by atoms with Crippen LogP contribution in [0.15, 0.2) is 13.2 Å². The Balaban J connectivity index is 0. The van der Waals surface area contributed by atoms with Crippen LogP contribution in [-0.4, -0.2) is 91.2 Å². The van der Waals surface area contributed by atoms with Gasteiger partial charge in [-0.05, 0) is 83.8 Å². The number of ether oxygens (including phenoxy) is 2. The van der Waals surface area contributed by atoms with Gasteiger partial charge in [0.25, 0.3) is 0 Å². The van der Waals surface area contributed by atoms with Crippen LogP contribution in [0.3, 0.4) is 0 Å². The smallest absolute Gasteiger partial charge is 0.328 e. The average Bonchev–Trinajstić information content (AvgIpc) is 2.94. The monoisotopic (exact) mass is 599 g/mol. The first-order chi connectivity index (χ1) is 19.9. The molecule has 0 saturated heterocycles. The molecule has 4 atom stereocenters. The fourth-order valence-electron chi connectivity index (χ4n) is 4.44. The van der Waals surface area contributed by atoms with E-state index in [1.54, 1.807) is 11.9 Å². The van der Waals surface area contributed by atoms with Gasteiger partial charge in [0.1, 0.15) is 24.2 Å². The molecular formula is C32H61N3O7. The Labute approximate surface area is 255 Å². The molecule has 4 unspecified atom stereocenters. The van der Waals surface area contributed by atoms with E-state index in [-0.39, 0.29) is 24.5 Å². The third-order valence-electron chi connectivity index (χ3n) is 6.76. The van der Waals surface area contributed by atoms with Crippen molar-refractivity contribution in [3.63, 3.8) is 0 Å². The number of nitrogens with one attached hydrogen (secondary N) is 2. The van der Waals surface area contributed by atoms with E-state index in [2.05, 4.69) is 37.6 Å². The predicted molar refractivity (Wildman–Crippen MR) is 168 cm³/mol. The van der Waals surface area contributed by atoms with Gasteiger partial charge in [-0.1, -0.05) is 48.0 Å². The van der Waals surface area contributed by atoms with Gasteiger partial charge in [-0.2, -0.15) is 0 Å². The Bertz CT molecular complexity index is 760. The number of rotatable bonds is 23. The van der Waals surface area contributed by atoms with E-state index < -0.39 is 35.8 Å². The molecule has 0 saturated carbocycles. The second-order valence-corrected chi connectivity index (χ2v) is 11.4. The van der Waals surface area contributed by atoms with E-state index in [0.717, 1.165) is 38.5 Å². The Hall–Kier alpha value is -2.30. The third kappa shape index (κ3) is 18.3. The number of aliphatic hydroxyl groups excluding tert-OH is 1. The number of ketones is 1. The lowest BCUT2D eigenvalue weighted by Crippen LogP contribution is -2.58. The van der Waals surface area contributed by atoms with Gasteiger partial charge < -0.3 is 25.2 Å². The number of aliphatic hydroxyl groups is 1. The summed E-state index contributed by atoms with van der Waals surface area (Å²) in [6.45, 7) is 20.8. The van der Waals surface area contributed by atoms with Crippen molar-refractivity contribution in [1.82, 2.24) is 15.5 Å². The molecule has 0 rings (SSSR count). The van der Waals surface area contributed by atoms with Crippen LogP contribution in [0.25, 0.3) is 0 Å². The van der Waals surface area contributed by atoms with Crippen LogP contribution in [0.4, 0.5) is 0 Å². The van der Waals surface area contributed by atoms with Crippen molar-refractivity contribution < 1.29 is 33.8 Å². The van der Waals surface area contributed by atoms with Gasteiger partial charge in [0.2, 0.25) is 5.91 Å². The van der Waals surface area contributed by atoms with Crippen LogP contribution in [0.1, 0.15) is 99.8 Å². The van der Waals surface area contributed by atoms with Gasteiger partial charge in [-0.3, -0.25) is 19.3 Å². The molecule has 0 aromatic carbocycles. The Morgan fingerprint density at radius 2 is 1.29 bits per heavy atom. The van der Waals surface area contributed by atoms with E-state index in [0.29, 0.717) is 38.5 Å². The molecule has 0 aromatic rings. The molecule has 0 radical (unpaired) electrons. The maximum Gasteiger partial charge on any atom is 0.328 e. The van der Waals surface area contributed by atoms with Crippen LogP contribution in [0, 0.1) is 11.8 Å². The maximum absolute atomic E-state index is 13.3. The molecule has 0 fully saturated rings. The minimum absolute atomic E-state index is 0.113. The number of hydrogen-bond acceptors (Lipinski definition) is 9. The van der Waals surface area contributed by atoms with Crippen LogP contribution in [0.5, 0.6) is 0 Å². The van der Waals surface area contributed by atoms with E-state index in [1.165, 1.54) is 6.92 Å². The fraction of sp³-hybridized carbons (Fsp3) is 0.812. The Morgan fingerprint density at radius 1 is 0.810 bits per heavy atom. The Kier molecular flexibility index (Phi) is 25.1. The molecule has 10 heteroatoms. The summed E-state index contributed by atoms with van der Waals surface area (Å²) in [7, 11) is 1.76. The molecule has 0 spiro atoms. The molecule has 0 aromatic heterocycles. The SMILES string of the molecule is C=C.CCCCN(CC)C(C(=O)NC(CC(C)C)C(=O)OCCCCCCOC(=O)C(CC(C)C)NC)C(O)C(C)=O. The summed E-state index contributed by atoms with van der Waals surface area (Å²) in [6.07, 6.45) is 4.38. The van der Waals surface area contributed by atoms with Crippen molar-refractivity contribution in [3.8, 4) is 0 Å². The highest BCUT2D eigenvalue weighted by molar-refractivity contribution is 5.93. The van der Waals surface area contributed by atoms with Gasteiger partial charge in [-0.25, -0.2) is 4.79 Å². The summed E-state index contributed by atoms with van der Waals surface area (Å²) in [4.78, 5) is 52.1. The number of unbranched alkanes of at least 4 members (excludes halogenated alkanes) is 4. The lowest BCUT2D eigenvalue weighted by Gasteiger charge is -2.33. The van der Waals surface area contributed by atoms with Crippen molar-refractivity contribution in [2.45, 2.75) is 124 Å². The van der Waals surface area contributed by atoms with Crippen LogP contribution >= 0.6 is 0 Å². The number of nitrogens with zero attached hydrogens (tertiary/aromatic N) is 1. The zero-order valence-electron chi connectivity index (χ0n) is 27.7. The summed E-state index contributed by atoms with van der Waals surface area (Å²) in [5.74, 6) is -1.29. The summed E-state index contributed by atoms with van der Waals surface area (Å²) < 4.78 is 10.9. The first kappa shape index (κ1) is 41.8. The van der Waals surface area contributed by atoms with Crippen LogP contribution < -0.4 is 10.6 Å². The van der Waals surface area contributed by atoms with E-state index in [9.17, 15) is 24.3 Å². The second-order valence-electron chi connectivity index (χ2n) is 11.4. The van der Waals surface area contributed by atoms with Crippen LogP contribution in [-0.2, 0) is 28.7 Å².